The van der Waals surface area contributed by atoms with Crippen LogP contribution in [0, 0.1) is 45.8 Å². The lowest BCUT2D eigenvalue weighted by Gasteiger charge is -2.68. The van der Waals surface area contributed by atoms with E-state index in [1.807, 2.05) is 6.92 Å². The second-order valence-electron chi connectivity index (χ2n) is 16.2. The quantitative estimate of drug-likeness (QED) is 0.181. The minimum Gasteiger partial charge on any atom is -0.481 e. The van der Waals surface area contributed by atoms with E-state index < -0.39 is 48.9 Å². The first kappa shape index (κ1) is 35.6. The highest BCUT2D eigenvalue weighted by Crippen LogP contribution is 2.74. The van der Waals surface area contributed by atoms with Gasteiger partial charge in [0.05, 0.1) is 18.3 Å². The molecule has 0 unspecified atom stereocenters. The third-order valence-electron chi connectivity index (χ3n) is 13.5. The van der Waals surface area contributed by atoms with E-state index in [1.54, 1.807) is 0 Å². The van der Waals surface area contributed by atoms with Crippen LogP contribution < -0.4 is 0 Å². The smallest absolute Gasteiger partial charge is 0.303 e. The number of aliphatic carboxylic acids is 1. The Bertz CT molecular complexity index is 1090. The molecular formula is C36H60O8. The fourth-order valence-electron chi connectivity index (χ4n) is 10.5. The molecule has 3 saturated carbocycles. The summed E-state index contributed by atoms with van der Waals surface area (Å²) in [5.41, 5.74) is 0.484. The molecule has 5 N–H and O–H groups in total. The summed E-state index contributed by atoms with van der Waals surface area (Å²) >= 11 is 0. The minimum absolute atomic E-state index is 0.0581. The number of hydrogen-bond donors (Lipinski definition) is 5. The molecule has 4 fully saturated rings. The van der Waals surface area contributed by atoms with Crippen LogP contribution in [0.2, 0.25) is 0 Å². The van der Waals surface area contributed by atoms with Crippen LogP contribution in [0.1, 0.15) is 106 Å². The van der Waals surface area contributed by atoms with Gasteiger partial charge in [0.1, 0.15) is 18.3 Å². The van der Waals surface area contributed by atoms with Crippen LogP contribution >= 0.6 is 0 Å². The Morgan fingerprint density at radius 1 is 1.07 bits per heavy atom. The molecule has 0 radical (unpaired) electrons. The van der Waals surface area contributed by atoms with E-state index >= 15 is 0 Å². The first-order chi connectivity index (χ1) is 20.3. The third-order valence-corrected chi connectivity index (χ3v) is 13.5. The SMILES string of the molecule is C=C(CC[C@](C)(O)[C@H]1CC[C@]2(C)[C@@H]1[C@H](O[C@@H]1O[C@@H](CO)[C@H](O)[C@H]1O)C[C@H]1[C@@](C)(CCC(=O)O)[C@H](C(=C)C)CC[C@]12C)C(C)C. The Morgan fingerprint density at radius 2 is 1.70 bits per heavy atom. The molecular weight excluding hydrogens is 560 g/mol. The maximum absolute atomic E-state index is 12.2. The van der Waals surface area contributed by atoms with Crippen molar-refractivity contribution in [2.24, 2.45) is 45.8 Å². The number of aliphatic hydroxyl groups excluding tert-OH is 3. The minimum atomic E-state index is -1.31. The van der Waals surface area contributed by atoms with Crippen molar-refractivity contribution in [3.63, 3.8) is 0 Å². The number of hydrogen-bond acceptors (Lipinski definition) is 7. The van der Waals surface area contributed by atoms with Crippen molar-refractivity contribution in [3.05, 3.63) is 24.3 Å². The van der Waals surface area contributed by atoms with Crippen molar-refractivity contribution in [3.8, 4) is 0 Å². The predicted molar refractivity (Wildman–Crippen MR) is 170 cm³/mol. The van der Waals surface area contributed by atoms with Crippen LogP contribution in [0.4, 0.5) is 0 Å². The maximum Gasteiger partial charge on any atom is 0.303 e. The standard InChI is InChI=1S/C36H60O8/c1-20(2)22(5)10-17-36(9,42)24-12-16-35(8)29(24)25(43-32-31(41)30(40)26(19-37)44-32)18-27-33(6,14-13-28(38)39)23(21(3)4)11-15-34(27,35)7/h20,23-27,29-32,37,40-42H,3,5,10-19H2,1-2,4,6-9H3,(H,38,39)/t23-,24-,25+,26-,27-,29-,30-,31+,32+,33-,34+,35+,36-/m0/s1. The molecule has 8 nitrogen and oxygen atoms in total. The number of allylic oxidation sites excluding steroid dienone is 2. The Labute approximate surface area is 264 Å². The number of aliphatic hydroxyl groups is 4. The number of fused-ring (bicyclic) bond motifs is 3. The number of rotatable bonds is 12. The molecule has 0 aromatic rings. The highest BCUT2D eigenvalue weighted by atomic mass is 16.7. The summed E-state index contributed by atoms with van der Waals surface area (Å²) in [6.07, 6.45) is 1.15. The summed E-state index contributed by atoms with van der Waals surface area (Å²) in [5.74, 6) is -0.342. The summed E-state index contributed by atoms with van der Waals surface area (Å²) in [5, 5.41) is 53.1. The first-order valence-corrected chi connectivity index (χ1v) is 16.9. The van der Waals surface area contributed by atoms with Gasteiger partial charge in [-0.15, -0.1) is 0 Å². The second-order valence-corrected chi connectivity index (χ2v) is 16.2. The van der Waals surface area contributed by atoms with Crippen LogP contribution in [0.3, 0.4) is 0 Å². The Morgan fingerprint density at radius 3 is 2.25 bits per heavy atom. The Hall–Kier alpha value is -1.29. The Balaban J connectivity index is 1.78. The average Bonchev–Trinajstić information content (AvgIpc) is 3.45. The molecule has 1 heterocycles. The second kappa shape index (κ2) is 12.7. The zero-order chi connectivity index (χ0) is 33.0. The summed E-state index contributed by atoms with van der Waals surface area (Å²) in [4.78, 5) is 11.9. The molecule has 0 aromatic carbocycles. The van der Waals surface area contributed by atoms with Gasteiger partial charge in [-0.3, -0.25) is 4.79 Å². The lowest BCUT2D eigenvalue weighted by molar-refractivity contribution is -0.270. The third kappa shape index (κ3) is 5.97. The molecule has 44 heavy (non-hydrogen) atoms. The highest BCUT2D eigenvalue weighted by molar-refractivity contribution is 5.66. The molecule has 8 heteroatoms. The largest absolute Gasteiger partial charge is 0.481 e. The van der Waals surface area contributed by atoms with Crippen LogP contribution in [0.15, 0.2) is 24.3 Å². The van der Waals surface area contributed by atoms with Gasteiger partial charge >= 0.3 is 5.97 Å². The van der Waals surface area contributed by atoms with E-state index in [9.17, 15) is 30.3 Å². The van der Waals surface area contributed by atoms with Crippen LogP contribution in [-0.4, -0.2) is 74.4 Å². The number of carboxylic acid groups (broad SMARTS) is 1. The van der Waals surface area contributed by atoms with Crippen LogP contribution in [0.25, 0.3) is 0 Å². The first-order valence-electron chi connectivity index (χ1n) is 16.9. The van der Waals surface area contributed by atoms with Gasteiger partial charge in [-0.25, -0.2) is 0 Å². The normalized spacial score (nSPS) is 45.0. The van der Waals surface area contributed by atoms with Crippen molar-refractivity contribution < 1.29 is 39.8 Å². The lowest BCUT2D eigenvalue weighted by Crippen LogP contribution is -2.64. The Kier molecular flexibility index (Phi) is 10.3. The molecule has 4 aliphatic rings. The molecule has 0 amide bonds. The van der Waals surface area contributed by atoms with E-state index in [0.29, 0.717) is 25.2 Å². The highest BCUT2D eigenvalue weighted by Gasteiger charge is 2.70. The van der Waals surface area contributed by atoms with Gasteiger partial charge in [-0.2, -0.15) is 0 Å². The van der Waals surface area contributed by atoms with Gasteiger partial charge in [0.2, 0.25) is 0 Å². The summed E-state index contributed by atoms with van der Waals surface area (Å²) in [7, 11) is 0. The van der Waals surface area contributed by atoms with Gasteiger partial charge in [-0.05, 0) is 111 Å². The molecule has 13 atom stereocenters. The average molecular weight is 621 g/mol. The molecule has 0 aromatic heterocycles. The van der Waals surface area contributed by atoms with E-state index in [-0.39, 0.29) is 46.3 Å². The van der Waals surface area contributed by atoms with Crippen molar-refractivity contribution >= 4 is 5.97 Å². The number of ether oxygens (including phenoxy) is 2. The summed E-state index contributed by atoms with van der Waals surface area (Å²) < 4.78 is 12.6. The van der Waals surface area contributed by atoms with Crippen LogP contribution in [-0.2, 0) is 14.3 Å². The fraction of sp³-hybridized carbons (Fsp3) is 0.861. The maximum atomic E-state index is 12.2. The molecule has 252 valence electrons. The van der Waals surface area contributed by atoms with Gasteiger partial charge in [0, 0.05) is 6.42 Å². The molecule has 1 saturated heterocycles. The molecule has 0 bridgehead atoms. The van der Waals surface area contributed by atoms with E-state index in [4.69, 9.17) is 9.47 Å². The zero-order valence-corrected chi connectivity index (χ0v) is 28.2. The van der Waals surface area contributed by atoms with Gasteiger partial charge in [0.25, 0.3) is 0 Å². The lowest BCUT2D eigenvalue weighted by atomic mass is 9.37. The van der Waals surface area contributed by atoms with Gasteiger partial charge < -0.3 is 35.0 Å². The van der Waals surface area contributed by atoms with E-state index in [0.717, 1.165) is 43.3 Å². The van der Waals surface area contributed by atoms with Crippen molar-refractivity contribution in [1.82, 2.24) is 0 Å². The van der Waals surface area contributed by atoms with E-state index in [2.05, 4.69) is 54.7 Å². The topological polar surface area (TPSA) is 137 Å². The molecule has 0 spiro atoms. The molecule has 3 aliphatic carbocycles. The van der Waals surface area contributed by atoms with Crippen molar-refractivity contribution in [1.29, 1.82) is 0 Å². The number of carboxylic acids is 1. The van der Waals surface area contributed by atoms with Gasteiger partial charge in [-0.1, -0.05) is 58.9 Å². The summed E-state index contributed by atoms with van der Waals surface area (Å²) in [6, 6.07) is 0. The fourth-order valence-corrected chi connectivity index (χ4v) is 10.5. The predicted octanol–water partition coefficient (Wildman–Crippen LogP) is 5.47. The van der Waals surface area contributed by atoms with Crippen molar-refractivity contribution in [2.75, 3.05) is 6.61 Å². The molecule has 4 rings (SSSR count). The van der Waals surface area contributed by atoms with Gasteiger partial charge in [0.15, 0.2) is 6.29 Å². The van der Waals surface area contributed by atoms with E-state index in [1.165, 1.54) is 0 Å². The monoisotopic (exact) mass is 620 g/mol. The van der Waals surface area contributed by atoms with Crippen LogP contribution in [0.5, 0.6) is 0 Å². The molecule has 1 aliphatic heterocycles. The summed E-state index contributed by atoms with van der Waals surface area (Å²) in [6.45, 7) is 23.4. The number of carbonyl (C=O) groups is 1. The zero-order valence-electron chi connectivity index (χ0n) is 28.2. The van der Waals surface area contributed by atoms with Crippen molar-refractivity contribution in [2.45, 2.75) is 143 Å².